The average Bonchev–Trinajstić information content (AvgIpc) is 2.65. The van der Waals surface area contributed by atoms with Gasteiger partial charge in [0.05, 0.1) is 6.10 Å². The molecule has 1 saturated heterocycles. The summed E-state index contributed by atoms with van der Waals surface area (Å²) in [7, 11) is 0. The zero-order chi connectivity index (χ0) is 19.1. The van der Waals surface area contributed by atoms with Crippen molar-refractivity contribution in [2.45, 2.75) is 70.4 Å². The summed E-state index contributed by atoms with van der Waals surface area (Å²) in [4.78, 5) is 14.5. The highest BCUT2D eigenvalue weighted by molar-refractivity contribution is 7.99. The molecule has 2 aliphatic heterocycles. The van der Waals surface area contributed by atoms with Crippen molar-refractivity contribution in [3.05, 3.63) is 34.2 Å². The Morgan fingerprint density at radius 1 is 1.15 bits per heavy atom. The lowest BCUT2D eigenvalue weighted by Crippen LogP contribution is -2.49. The topological polar surface area (TPSA) is 45.5 Å². The number of β-amino-alcohol motifs (C(OH)–C–C–N with tert-alkyl or cyclic N) is 1. The minimum absolute atomic E-state index is 0.141. The molecular formula is C22H36N2O2S. The number of fused-ring (bicyclic) bond motifs is 4. The molecule has 0 saturated carbocycles. The molecule has 1 N–H and O–H groups in total. The molecule has 5 heteroatoms. The molecule has 4 nitrogen and oxygen atoms in total. The summed E-state index contributed by atoms with van der Waals surface area (Å²) < 4.78 is 1.98. The summed E-state index contributed by atoms with van der Waals surface area (Å²) in [6.45, 7) is 5.85. The van der Waals surface area contributed by atoms with Crippen LogP contribution in [0.5, 0.6) is 0 Å². The Morgan fingerprint density at radius 3 is 2.81 bits per heavy atom. The molecule has 3 heterocycles. The van der Waals surface area contributed by atoms with Crippen molar-refractivity contribution in [3.63, 3.8) is 0 Å². The number of aliphatic hydroxyl groups is 1. The Labute approximate surface area is 168 Å². The zero-order valence-corrected chi connectivity index (χ0v) is 17.6. The van der Waals surface area contributed by atoms with Gasteiger partial charge in [-0.05, 0) is 30.6 Å². The van der Waals surface area contributed by atoms with Crippen LogP contribution in [-0.4, -0.2) is 51.8 Å². The van der Waals surface area contributed by atoms with Crippen LogP contribution in [0.4, 0.5) is 0 Å². The molecule has 3 unspecified atom stereocenters. The van der Waals surface area contributed by atoms with Crippen LogP contribution >= 0.6 is 11.8 Å². The van der Waals surface area contributed by atoms with E-state index < -0.39 is 0 Å². The quantitative estimate of drug-likeness (QED) is 0.583. The first-order valence-electron chi connectivity index (χ1n) is 10.8. The Morgan fingerprint density at radius 2 is 1.96 bits per heavy atom. The third kappa shape index (κ3) is 6.10. The summed E-state index contributed by atoms with van der Waals surface area (Å²) >= 11 is 1.90. The standard InChI is InChI=1S/C22H36N2O2S/c1-2-3-4-5-6-7-11-27-17-20(25)16-23-13-18-12-19(15-23)21-9-8-10-22(26)24(21)14-18/h8-10,18-20,25H,2-7,11-17H2,1H3. The molecule has 1 fully saturated rings. The molecule has 2 aliphatic rings. The molecular weight excluding hydrogens is 356 g/mol. The van der Waals surface area contributed by atoms with E-state index in [2.05, 4.69) is 17.9 Å². The number of unbranched alkanes of at least 4 members (excludes halogenated alkanes) is 5. The van der Waals surface area contributed by atoms with Gasteiger partial charge >= 0.3 is 0 Å². The fourth-order valence-electron chi connectivity index (χ4n) is 4.70. The van der Waals surface area contributed by atoms with Gasteiger partial charge in [-0.25, -0.2) is 0 Å². The number of hydrogen-bond donors (Lipinski definition) is 1. The fourth-order valence-corrected chi connectivity index (χ4v) is 5.65. The van der Waals surface area contributed by atoms with Gasteiger partial charge in [-0.1, -0.05) is 45.1 Å². The third-order valence-electron chi connectivity index (χ3n) is 5.98. The molecule has 0 aliphatic carbocycles. The Hall–Kier alpha value is -0.780. The fraction of sp³-hybridized carbons (Fsp3) is 0.773. The van der Waals surface area contributed by atoms with Crippen molar-refractivity contribution in [2.75, 3.05) is 31.1 Å². The van der Waals surface area contributed by atoms with Crippen molar-refractivity contribution >= 4 is 11.8 Å². The van der Waals surface area contributed by atoms with Crippen molar-refractivity contribution in [3.8, 4) is 0 Å². The van der Waals surface area contributed by atoms with Gasteiger partial charge in [-0.2, -0.15) is 11.8 Å². The molecule has 3 atom stereocenters. The molecule has 1 aromatic rings. The van der Waals surface area contributed by atoms with E-state index in [1.165, 1.54) is 56.4 Å². The highest BCUT2D eigenvalue weighted by atomic mass is 32.2. The van der Waals surface area contributed by atoms with Crippen LogP contribution < -0.4 is 5.56 Å². The first-order valence-corrected chi connectivity index (χ1v) is 12.0. The number of piperidine rings is 1. The number of thioether (sulfide) groups is 1. The van der Waals surface area contributed by atoms with Gasteiger partial charge in [0.2, 0.25) is 0 Å². The minimum atomic E-state index is -0.244. The van der Waals surface area contributed by atoms with E-state index in [0.717, 1.165) is 31.9 Å². The third-order valence-corrected chi connectivity index (χ3v) is 7.17. The molecule has 1 aromatic heterocycles. The van der Waals surface area contributed by atoms with E-state index >= 15 is 0 Å². The number of aromatic nitrogens is 1. The highest BCUT2D eigenvalue weighted by Gasteiger charge is 2.34. The van der Waals surface area contributed by atoms with Crippen LogP contribution in [0.25, 0.3) is 0 Å². The zero-order valence-electron chi connectivity index (χ0n) is 16.8. The maximum atomic E-state index is 12.1. The summed E-state index contributed by atoms with van der Waals surface area (Å²) in [5.74, 6) is 3.00. The molecule has 2 bridgehead atoms. The van der Waals surface area contributed by atoms with Crippen molar-refractivity contribution < 1.29 is 5.11 Å². The van der Waals surface area contributed by atoms with Gasteiger partial charge < -0.3 is 9.67 Å². The second-order valence-electron chi connectivity index (χ2n) is 8.41. The molecule has 0 amide bonds. The molecule has 0 aromatic carbocycles. The molecule has 152 valence electrons. The second-order valence-corrected chi connectivity index (χ2v) is 9.56. The largest absolute Gasteiger partial charge is 0.391 e. The van der Waals surface area contributed by atoms with Gasteiger partial charge in [0.15, 0.2) is 0 Å². The van der Waals surface area contributed by atoms with Crippen LogP contribution in [0.1, 0.15) is 63.5 Å². The maximum Gasteiger partial charge on any atom is 0.250 e. The van der Waals surface area contributed by atoms with Gasteiger partial charge in [-0.15, -0.1) is 0 Å². The van der Waals surface area contributed by atoms with Gasteiger partial charge in [0, 0.05) is 49.6 Å². The monoisotopic (exact) mass is 392 g/mol. The number of aliphatic hydroxyl groups excluding tert-OH is 1. The number of hydrogen-bond acceptors (Lipinski definition) is 4. The van der Waals surface area contributed by atoms with Crippen LogP contribution in [0.15, 0.2) is 23.0 Å². The van der Waals surface area contributed by atoms with E-state index in [1.807, 2.05) is 22.4 Å². The van der Waals surface area contributed by atoms with E-state index in [4.69, 9.17) is 0 Å². The van der Waals surface area contributed by atoms with Crippen LogP contribution in [0, 0.1) is 5.92 Å². The maximum absolute atomic E-state index is 12.1. The average molecular weight is 393 g/mol. The first-order chi connectivity index (χ1) is 13.2. The predicted molar refractivity (Wildman–Crippen MR) is 115 cm³/mol. The van der Waals surface area contributed by atoms with Gasteiger partial charge in [0.25, 0.3) is 5.56 Å². The van der Waals surface area contributed by atoms with Crippen LogP contribution in [-0.2, 0) is 6.54 Å². The normalized spacial score (nSPS) is 23.2. The molecule has 0 radical (unpaired) electrons. The summed E-state index contributed by atoms with van der Waals surface area (Å²) in [6.07, 6.45) is 8.95. The molecule has 3 rings (SSSR count). The van der Waals surface area contributed by atoms with Crippen molar-refractivity contribution in [1.29, 1.82) is 0 Å². The Kier molecular flexibility index (Phi) is 8.28. The smallest absolute Gasteiger partial charge is 0.250 e. The first kappa shape index (κ1) is 20.9. The molecule has 0 spiro atoms. The lowest BCUT2D eigenvalue weighted by atomic mass is 9.83. The number of likely N-dealkylation sites (tertiary alicyclic amines) is 1. The summed E-state index contributed by atoms with van der Waals surface area (Å²) in [5.41, 5.74) is 1.33. The van der Waals surface area contributed by atoms with Crippen molar-refractivity contribution in [2.24, 2.45) is 5.92 Å². The number of pyridine rings is 1. The minimum Gasteiger partial charge on any atom is -0.391 e. The van der Waals surface area contributed by atoms with E-state index in [-0.39, 0.29) is 11.7 Å². The lowest BCUT2D eigenvalue weighted by Gasteiger charge is -2.43. The molecule has 27 heavy (non-hydrogen) atoms. The van der Waals surface area contributed by atoms with Gasteiger partial charge in [-0.3, -0.25) is 9.69 Å². The van der Waals surface area contributed by atoms with Gasteiger partial charge in [0.1, 0.15) is 0 Å². The number of nitrogens with zero attached hydrogens (tertiary/aromatic N) is 2. The van der Waals surface area contributed by atoms with E-state index in [1.54, 1.807) is 6.07 Å². The van der Waals surface area contributed by atoms with Crippen molar-refractivity contribution in [1.82, 2.24) is 9.47 Å². The lowest BCUT2D eigenvalue weighted by molar-refractivity contribution is 0.0717. The van der Waals surface area contributed by atoms with E-state index in [0.29, 0.717) is 11.8 Å². The van der Waals surface area contributed by atoms with E-state index in [9.17, 15) is 9.90 Å². The highest BCUT2D eigenvalue weighted by Crippen LogP contribution is 2.34. The summed E-state index contributed by atoms with van der Waals surface area (Å²) in [5, 5.41) is 10.5. The Bertz CT molecular complexity index is 633. The van der Waals surface area contributed by atoms with Crippen LogP contribution in [0.2, 0.25) is 0 Å². The van der Waals surface area contributed by atoms with Crippen LogP contribution in [0.3, 0.4) is 0 Å². The summed E-state index contributed by atoms with van der Waals surface area (Å²) in [6, 6.07) is 5.67. The number of rotatable bonds is 11. The predicted octanol–water partition coefficient (Wildman–Crippen LogP) is 3.72. The second kappa shape index (κ2) is 10.7. The SMILES string of the molecule is CCCCCCCCSCC(O)CN1CC2CC(C1)c1cccc(=O)n1C2. The Balaban J connectivity index is 1.36.